The van der Waals surface area contributed by atoms with Crippen molar-refractivity contribution >= 4 is 22.7 Å². The number of nitrogens with one attached hydrogen (secondary N) is 1. The van der Waals surface area contributed by atoms with Crippen molar-refractivity contribution in [2.75, 3.05) is 16.8 Å². The van der Waals surface area contributed by atoms with E-state index in [2.05, 4.69) is 5.32 Å². The van der Waals surface area contributed by atoms with Crippen molar-refractivity contribution in [3.63, 3.8) is 0 Å². The van der Waals surface area contributed by atoms with E-state index < -0.39 is 0 Å². The Morgan fingerprint density at radius 2 is 1.62 bits per heavy atom. The first-order valence-electron chi connectivity index (χ1n) is 5.14. The van der Waals surface area contributed by atoms with Crippen molar-refractivity contribution in [2.45, 2.75) is 6.92 Å². The molecule has 0 saturated heterocycles. The van der Waals surface area contributed by atoms with Crippen molar-refractivity contribution in [3.05, 3.63) is 48.0 Å². The Morgan fingerprint density at radius 3 is 2.31 bits per heavy atom. The van der Waals surface area contributed by atoms with Crippen LogP contribution in [0.1, 0.15) is 5.56 Å². The maximum atomic E-state index is 5.84. The number of benzene rings is 2. The van der Waals surface area contributed by atoms with Gasteiger partial charge in [-0.1, -0.05) is 6.07 Å². The summed E-state index contributed by atoms with van der Waals surface area (Å²) in [7, 11) is 0. The number of hydrogen-bond donors (Lipinski definition) is 3. The van der Waals surface area contributed by atoms with E-state index in [1.165, 1.54) is 0 Å². The largest absolute Gasteiger partial charge is 0.399 e. The summed E-state index contributed by atoms with van der Waals surface area (Å²) in [5.74, 6) is 0. The molecule has 0 atom stereocenters. The standard InChI is InChI=1S/C13H15N3/c1-9-12(15)3-2-4-13(9)16-11-7-5-10(14)6-8-11/h2-8,16H,14-15H2,1H3. The minimum absolute atomic E-state index is 0.759. The number of hydrogen-bond acceptors (Lipinski definition) is 3. The van der Waals surface area contributed by atoms with Gasteiger partial charge < -0.3 is 16.8 Å². The number of nitrogens with two attached hydrogens (primary N) is 2. The summed E-state index contributed by atoms with van der Waals surface area (Å²) in [6, 6.07) is 13.4. The normalized spacial score (nSPS) is 10.1. The second kappa shape index (κ2) is 4.14. The predicted octanol–water partition coefficient (Wildman–Crippen LogP) is 2.90. The summed E-state index contributed by atoms with van der Waals surface area (Å²) in [5.41, 5.74) is 16.1. The van der Waals surface area contributed by atoms with Crippen LogP contribution in [0.4, 0.5) is 22.7 Å². The van der Waals surface area contributed by atoms with Crippen molar-refractivity contribution in [3.8, 4) is 0 Å². The topological polar surface area (TPSA) is 64.1 Å². The molecule has 0 saturated carbocycles. The third-order valence-electron chi connectivity index (χ3n) is 2.57. The molecule has 0 fully saturated rings. The lowest BCUT2D eigenvalue weighted by atomic mass is 10.1. The van der Waals surface area contributed by atoms with E-state index in [-0.39, 0.29) is 0 Å². The molecular formula is C13H15N3. The molecule has 5 N–H and O–H groups in total. The van der Waals surface area contributed by atoms with Crippen molar-refractivity contribution < 1.29 is 0 Å². The fourth-order valence-electron chi connectivity index (χ4n) is 1.51. The van der Waals surface area contributed by atoms with Gasteiger partial charge in [0.05, 0.1) is 0 Å². The van der Waals surface area contributed by atoms with Crippen molar-refractivity contribution in [1.29, 1.82) is 0 Å². The van der Waals surface area contributed by atoms with E-state index in [0.717, 1.165) is 28.3 Å². The first-order valence-corrected chi connectivity index (χ1v) is 5.14. The highest BCUT2D eigenvalue weighted by atomic mass is 14.9. The average molecular weight is 213 g/mol. The Labute approximate surface area is 95.1 Å². The zero-order valence-electron chi connectivity index (χ0n) is 9.20. The molecule has 82 valence electrons. The number of rotatable bonds is 2. The van der Waals surface area contributed by atoms with Crippen LogP contribution in [0, 0.1) is 6.92 Å². The molecule has 0 aliphatic carbocycles. The predicted molar refractivity (Wildman–Crippen MR) is 69.7 cm³/mol. The van der Waals surface area contributed by atoms with Crippen LogP contribution in [0.3, 0.4) is 0 Å². The molecule has 2 rings (SSSR count). The fraction of sp³-hybridized carbons (Fsp3) is 0.0769. The van der Waals surface area contributed by atoms with Gasteiger partial charge in [-0.3, -0.25) is 0 Å². The van der Waals surface area contributed by atoms with Gasteiger partial charge in [0, 0.05) is 22.7 Å². The van der Waals surface area contributed by atoms with Gasteiger partial charge in [0.15, 0.2) is 0 Å². The molecule has 0 spiro atoms. The van der Waals surface area contributed by atoms with Gasteiger partial charge in [-0.15, -0.1) is 0 Å². The summed E-state index contributed by atoms with van der Waals surface area (Å²) >= 11 is 0. The lowest BCUT2D eigenvalue weighted by Crippen LogP contribution is -1.97. The molecule has 0 unspecified atom stereocenters. The Kier molecular flexibility index (Phi) is 2.68. The highest BCUT2D eigenvalue weighted by Crippen LogP contribution is 2.24. The zero-order chi connectivity index (χ0) is 11.5. The quantitative estimate of drug-likeness (QED) is 0.672. The molecular weight excluding hydrogens is 198 g/mol. The van der Waals surface area contributed by atoms with Crippen LogP contribution in [0.25, 0.3) is 0 Å². The second-order valence-electron chi connectivity index (χ2n) is 3.77. The maximum absolute atomic E-state index is 5.84. The van der Waals surface area contributed by atoms with Gasteiger partial charge in [-0.2, -0.15) is 0 Å². The Morgan fingerprint density at radius 1 is 0.938 bits per heavy atom. The SMILES string of the molecule is Cc1c(N)cccc1Nc1ccc(N)cc1. The van der Waals surface area contributed by atoms with Gasteiger partial charge in [0.2, 0.25) is 0 Å². The molecule has 0 bridgehead atoms. The zero-order valence-corrected chi connectivity index (χ0v) is 9.20. The van der Waals surface area contributed by atoms with Crippen LogP contribution in [0.15, 0.2) is 42.5 Å². The van der Waals surface area contributed by atoms with E-state index in [1.807, 2.05) is 49.4 Å². The Bertz CT molecular complexity index is 489. The monoisotopic (exact) mass is 213 g/mol. The minimum atomic E-state index is 0.759. The Balaban J connectivity index is 2.27. The average Bonchev–Trinajstić information content (AvgIpc) is 2.28. The lowest BCUT2D eigenvalue weighted by Gasteiger charge is -2.11. The number of anilines is 4. The molecule has 2 aromatic carbocycles. The van der Waals surface area contributed by atoms with Crippen molar-refractivity contribution in [2.24, 2.45) is 0 Å². The van der Waals surface area contributed by atoms with Gasteiger partial charge in [0.25, 0.3) is 0 Å². The third kappa shape index (κ3) is 2.08. The minimum Gasteiger partial charge on any atom is -0.399 e. The maximum Gasteiger partial charge on any atom is 0.0434 e. The molecule has 0 aromatic heterocycles. The van der Waals surface area contributed by atoms with Gasteiger partial charge in [-0.05, 0) is 48.9 Å². The molecule has 2 aromatic rings. The van der Waals surface area contributed by atoms with Gasteiger partial charge in [0.1, 0.15) is 0 Å². The third-order valence-corrected chi connectivity index (χ3v) is 2.57. The van der Waals surface area contributed by atoms with Crippen LogP contribution in [0.2, 0.25) is 0 Å². The Hall–Kier alpha value is -2.16. The lowest BCUT2D eigenvalue weighted by molar-refractivity contribution is 1.43. The van der Waals surface area contributed by atoms with E-state index in [1.54, 1.807) is 0 Å². The summed E-state index contributed by atoms with van der Waals surface area (Å²) < 4.78 is 0. The molecule has 0 heterocycles. The molecule has 0 amide bonds. The first-order chi connectivity index (χ1) is 7.66. The van der Waals surface area contributed by atoms with Crippen LogP contribution >= 0.6 is 0 Å². The summed E-state index contributed by atoms with van der Waals surface area (Å²) in [6.45, 7) is 2.00. The highest BCUT2D eigenvalue weighted by Gasteiger charge is 2.01. The van der Waals surface area contributed by atoms with E-state index in [0.29, 0.717) is 0 Å². The first kappa shape index (κ1) is 10.4. The van der Waals surface area contributed by atoms with Crippen LogP contribution < -0.4 is 16.8 Å². The summed E-state index contributed by atoms with van der Waals surface area (Å²) in [6.07, 6.45) is 0. The molecule has 0 aliphatic rings. The molecule has 3 nitrogen and oxygen atoms in total. The number of nitrogen functional groups attached to an aromatic ring is 2. The van der Waals surface area contributed by atoms with Crippen molar-refractivity contribution in [1.82, 2.24) is 0 Å². The van der Waals surface area contributed by atoms with Crippen LogP contribution in [-0.4, -0.2) is 0 Å². The smallest absolute Gasteiger partial charge is 0.0434 e. The van der Waals surface area contributed by atoms with Gasteiger partial charge in [-0.25, -0.2) is 0 Å². The molecule has 3 heteroatoms. The second-order valence-corrected chi connectivity index (χ2v) is 3.77. The highest BCUT2D eigenvalue weighted by molar-refractivity contribution is 5.69. The van der Waals surface area contributed by atoms with Crippen LogP contribution in [0.5, 0.6) is 0 Å². The van der Waals surface area contributed by atoms with E-state index in [9.17, 15) is 0 Å². The molecule has 0 radical (unpaired) electrons. The summed E-state index contributed by atoms with van der Waals surface area (Å²) in [4.78, 5) is 0. The fourth-order valence-corrected chi connectivity index (χ4v) is 1.51. The van der Waals surface area contributed by atoms with Crippen LogP contribution in [-0.2, 0) is 0 Å². The van der Waals surface area contributed by atoms with E-state index >= 15 is 0 Å². The molecule has 16 heavy (non-hydrogen) atoms. The van der Waals surface area contributed by atoms with Gasteiger partial charge >= 0.3 is 0 Å². The molecule has 0 aliphatic heterocycles. The summed E-state index contributed by atoms with van der Waals surface area (Å²) in [5, 5.41) is 3.30. The van der Waals surface area contributed by atoms with E-state index in [4.69, 9.17) is 11.5 Å².